The zero-order valence-corrected chi connectivity index (χ0v) is 17.0. The van der Waals surface area contributed by atoms with E-state index in [2.05, 4.69) is 25.9 Å². The van der Waals surface area contributed by atoms with Gasteiger partial charge in [0, 0.05) is 40.1 Å². The summed E-state index contributed by atoms with van der Waals surface area (Å²) in [6, 6.07) is 16.8. The van der Waals surface area contributed by atoms with Crippen molar-refractivity contribution in [2.45, 2.75) is 0 Å². The number of H-pyrrole nitrogens is 1. The monoisotopic (exact) mass is 463 g/mol. The Morgan fingerprint density at radius 1 is 1.13 bits per heavy atom. The van der Waals surface area contributed by atoms with Crippen LogP contribution in [-0.4, -0.2) is 20.7 Å². The minimum absolute atomic E-state index is 0.0223. The number of ketones is 1. The van der Waals surface area contributed by atoms with Gasteiger partial charge in [-0.2, -0.15) is 0 Å². The number of benzene rings is 2. The summed E-state index contributed by atoms with van der Waals surface area (Å²) >= 11 is 3.35. The summed E-state index contributed by atoms with van der Waals surface area (Å²) in [4.78, 5) is 30.7. The molecule has 0 saturated carbocycles. The summed E-state index contributed by atoms with van der Waals surface area (Å²) in [6.07, 6.45) is 4.84. The Labute approximate surface area is 179 Å². The van der Waals surface area contributed by atoms with Crippen molar-refractivity contribution in [1.82, 2.24) is 9.97 Å². The molecule has 0 aliphatic rings. The van der Waals surface area contributed by atoms with Gasteiger partial charge in [-0.05, 0) is 40.2 Å². The highest BCUT2D eigenvalue weighted by Gasteiger charge is 2.18. The van der Waals surface area contributed by atoms with Gasteiger partial charge in [0.05, 0.1) is 10.5 Å². The Bertz CT molecular complexity index is 1240. The first-order valence-corrected chi connectivity index (χ1v) is 9.67. The number of rotatable bonds is 6. The molecule has 0 bridgehead atoms. The number of imidazole rings is 1. The number of aromatic nitrogens is 2. The number of allylic oxidation sites excluding steroid dienone is 1. The second-order valence-electron chi connectivity index (χ2n) is 6.31. The van der Waals surface area contributed by atoms with Crippen LogP contribution in [0.1, 0.15) is 21.9 Å². The zero-order chi connectivity index (χ0) is 21.1. The quantitative estimate of drug-likeness (QED) is 0.169. The molecule has 0 radical (unpaired) electrons. The summed E-state index contributed by atoms with van der Waals surface area (Å²) in [6.45, 7) is 0. The number of carbonyl (C=O) groups excluding carboxylic acids is 1. The Morgan fingerprint density at radius 3 is 2.60 bits per heavy atom. The van der Waals surface area contributed by atoms with Gasteiger partial charge in [-0.25, -0.2) is 4.98 Å². The highest BCUT2D eigenvalue weighted by molar-refractivity contribution is 9.10. The second-order valence-corrected chi connectivity index (χ2v) is 7.17. The predicted molar refractivity (Wildman–Crippen MR) is 116 cm³/mol. The number of nitrogens with zero attached hydrogens (tertiary/aromatic N) is 2. The van der Waals surface area contributed by atoms with E-state index in [1.54, 1.807) is 60.9 Å². The fourth-order valence-electron chi connectivity index (χ4n) is 2.93. The Balaban J connectivity index is 1.72. The molecule has 7 nitrogen and oxygen atoms in total. The summed E-state index contributed by atoms with van der Waals surface area (Å²) < 4.78 is 6.43. The van der Waals surface area contributed by atoms with Crippen molar-refractivity contribution >= 4 is 39.0 Å². The van der Waals surface area contributed by atoms with E-state index in [-0.39, 0.29) is 11.5 Å². The fourth-order valence-corrected chi connectivity index (χ4v) is 3.50. The molecule has 4 rings (SSSR count). The molecule has 0 unspecified atom stereocenters. The van der Waals surface area contributed by atoms with Crippen LogP contribution >= 0.6 is 15.9 Å². The van der Waals surface area contributed by atoms with E-state index in [0.29, 0.717) is 38.5 Å². The van der Waals surface area contributed by atoms with Crippen molar-refractivity contribution in [3.63, 3.8) is 0 Å². The molecule has 0 aliphatic heterocycles. The minimum Gasteiger partial charge on any atom is -0.457 e. The predicted octanol–water partition coefficient (Wildman–Crippen LogP) is 5.76. The fraction of sp³-hybridized carbons (Fsp3) is 0. The molecule has 2 aromatic carbocycles. The lowest BCUT2D eigenvalue weighted by molar-refractivity contribution is -0.384. The van der Waals surface area contributed by atoms with Gasteiger partial charge >= 0.3 is 0 Å². The average molecular weight is 464 g/mol. The first-order valence-electron chi connectivity index (χ1n) is 8.88. The molecule has 1 N–H and O–H groups in total. The van der Waals surface area contributed by atoms with Crippen LogP contribution in [0, 0.1) is 10.1 Å². The molecule has 0 spiro atoms. The van der Waals surface area contributed by atoms with Crippen LogP contribution in [-0.2, 0) is 0 Å². The van der Waals surface area contributed by atoms with Crippen molar-refractivity contribution in [2.75, 3.05) is 0 Å². The number of halogens is 1. The van der Waals surface area contributed by atoms with Gasteiger partial charge in [-0.3, -0.25) is 14.9 Å². The van der Waals surface area contributed by atoms with E-state index in [4.69, 9.17) is 4.42 Å². The summed E-state index contributed by atoms with van der Waals surface area (Å²) in [5.41, 5.74) is 1.53. The number of hydrogen-bond donors (Lipinski definition) is 1. The Kier molecular flexibility index (Phi) is 5.40. The highest BCUT2D eigenvalue weighted by Crippen LogP contribution is 2.33. The van der Waals surface area contributed by atoms with E-state index in [1.165, 1.54) is 12.1 Å². The summed E-state index contributed by atoms with van der Waals surface area (Å²) in [5.74, 6) is 1.19. The lowest BCUT2D eigenvalue weighted by Crippen LogP contribution is -2.04. The van der Waals surface area contributed by atoms with E-state index in [1.807, 2.05) is 6.07 Å². The third-order valence-corrected chi connectivity index (χ3v) is 5.03. The van der Waals surface area contributed by atoms with Crippen molar-refractivity contribution in [3.8, 4) is 11.3 Å². The van der Waals surface area contributed by atoms with Gasteiger partial charge in [0.15, 0.2) is 5.78 Å². The number of nitro groups is 1. The van der Waals surface area contributed by atoms with Gasteiger partial charge in [0.1, 0.15) is 17.3 Å². The molecule has 2 aromatic heterocycles. The molecule has 148 valence electrons. The van der Waals surface area contributed by atoms with Gasteiger partial charge in [0.25, 0.3) is 5.69 Å². The third-order valence-electron chi connectivity index (χ3n) is 4.38. The molecule has 0 atom stereocenters. The van der Waals surface area contributed by atoms with Gasteiger partial charge < -0.3 is 9.40 Å². The van der Waals surface area contributed by atoms with Crippen LogP contribution in [0.15, 0.2) is 81.9 Å². The molecule has 4 aromatic rings. The second kappa shape index (κ2) is 8.30. The lowest BCUT2D eigenvalue weighted by Gasteiger charge is -2.04. The van der Waals surface area contributed by atoms with Crippen LogP contribution in [0.4, 0.5) is 5.69 Å². The van der Waals surface area contributed by atoms with Crippen LogP contribution in [0.5, 0.6) is 0 Å². The summed E-state index contributed by atoms with van der Waals surface area (Å²) in [5, 5.41) is 10.9. The number of hydrogen-bond acceptors (Lipinski definition) is 5. The molecule has 0 amide bonds. The third kappa shape index (κ3) is 3.99. The highest BCUT2D eigenvalue weighted by atomic mass is 79.9. The number of non-ortho nitro benzene ring substituents is 1. The number of nitro benzene ring substituents is 1. The van der Waals surface area contributed by atoms with E-state index in [9.17, 15) is 14.9 Å². The lowest BCUT2D eigenvalue weighted by atomic mass is 10.0. The van der Waals surface area contributed by atoms with Crippen LogP contribution in [0.3, 0.4) is 0 Å². The number of Topliss-reactive ketones (excluding diaryl/α,β-unsaturated/α-hetero) is 1. The number of carbonyl (C=O) groups is 1. The zero-order valence-electron chi connectivity index (χ0n) is 15.4. The standard InChI is InChI=1S/C22H14BrN3O4/c23-19-12-15(26(28)29)6-8-17(19)20-9-7-16(30-20)13-18(22-24-10-11-25-22)21(27)14-4-2-1-3-5-14/h1-13H,(H,24,25)/b18-13-. The van der Waals surface area contributed by atoms with Crippen molar-refractivity contribution in [3.05, 3.63) is 105 Å². The number of furan rings is 1. The molecule has 0 aliphatic carbocycles. The molecule has 0 fully saturated rings. The van der Waals surface area contributed by atoms with Crippen LogP contribution < -0.4 is 0 Å². The molecular weight excluding hydrogens is 450 g/mol. The van der Waals surface area contributed by atoms with Crippen molar-refractivity contribution in [2.24, 2.45) is 0 Å². The molecular formula is C22H14BrN3O4. The minimum atomic E-state index is -0.463. The maximum Gasteiger partial charge on any atom is 0.270 e. The topological polar surface area (TPSA) is 102 Å². The van der Waals surface area contributed by atoms with E-state index >= 15 is 0 Å². The smallest absolute Gasteiger partial charge is 0.270 e. The maximum absolute atomic E-state index is 13.0. The molecule has 30 heavy (non-hydrogen) atoms. The molecule has 8 heteroatoms. The first kappa shape index (κ1) is 19.5. The molecule has 2 heterocycles. The van der Waals surface area contributed by atoms with E-state index < -0.39 is 4.92 Å². The average Bonchev–Trinajstić information content (AvgIpc) is 3.44. The van der Waals surface area contributed by atoms with Crippen molar-refractivity contribution < 1.29 is 14.1 Å². The number of nitrogens with one attached hydrogen (secondary N) is 1. The van der Waals surface area contributed by atoms with E-state index in [0.717, 1.165) is 0 Å². The SMILES string of the molecule is O=C(/C(=C/c1ccc(-c2ccc([N+](=O)[O-])cc2Br)o1)c1ncc[nH]1)c1ccccc1. The van der Waals surface area contributed by atoms with Crippen LogP contribution in [0.25, 0.3) is 23.0 Å². The van der Waals surface area contributed by atoms with Gasteiger partial charge in [-0.15, -0.1) is 0 Å². The Morgan fingerprint density at radius 2 is 1.93 bits per heavy atom. The van der Waals surface area contributed by atoms with Crippen LogP contribution in [0.2, 0.25) is 0 Å². The number of aromatic amines is 1. The van der Waals surface area contributed by atoms with Gasteiger partial charge in [-0.1, -0.05) is 30.3 Å². The Hall–Kier alpha value is -3.78. The normalized spacial score (nSPS) is 11.4. The van der Waals surface area contributed by atoms with Crippen molar-refractivity contribution in [1.29, 1.82) is 0 Å². The maximum atomic E-state index is 13.0. The van der Waals surface area contributed by atoms with Gasteiger partial charge in [0.2, 0.25) is 0 Å². The largest absolute Gasteiger partial charge is 0.457 e. The first-order chi connectivity index (χ1) is 14.5. The molecule has 0 saturated heterocycles. The summed E-state index contributed by atoms with van der Waals surface area (Å²) in [7, 11) is 0.